The van der Waals surface area contributed by atoms with Gasteiger partial charge in [-0.15, -0.1) is 0 Å². The first-order valence-corrected chi connectivity index (χ1v) is 12.4. The SMILES string of the molecule is CCOc1cc(C[C@@H]2SC(=O)N(Cc3ccc(Cl)cc3)C2=O)ccc1OCc1ccc(C)cc1. The number of ether oxygens (including phenoxy) is 2. The smallest absolute Gasteiger partial charge is 0.289 e. The predicted octanol–water partition coefficient (Wildman–Crippen LogP) is 6.43. The van der Waals surface area contributed by atoms with Crippen LogP contribution in [-0.2, 0) is 24.4 Å². The molecule has 0 aliphatic carbocycles. The summed E-state index contributed by atoms with van der Waals surface area (Å²) in [5, 5.41) is -0.0758. The third kappa shape index (κ3) is 5.93. The highest BCUT2D eigenvalue weighted by molar-refractivity contribution is 8.15. The van der Waals surface area contributed by atoms with Gasteiger partial charge in [0.2, 0.25) is 5.91 Å². The maximum absolute atomic E-state index is 13.0. The Morgan fingerprint density at radius 2 is 1.56 bits per heavy atom. The molecule has 1 saturated heterocycles. The lowest BCUT2D eigenvalue weighted by Crippen LogP contribution is -2.31. The van der Waals surface area contributed by atoms with E-state index in [4.69, 9.17) is 21.1 Å². The minimum Gasteiger partial charge on any atom is -0.490 e. The molecule has 0 bridgehead atoms. The minimum absolute atomic E-state index is 0.178. The van der Waals surface area contributed by atoms with Crippen LogP contribution < -0.4 is 9.47 Å². The van der Waals surface area contributed by atoms with E-state index >= 15 is 0 Å². The van der Waals surface area contributed by atoms with Crippen molar-refractivity contribution < 1.29 is 19.1 Å². The van der Waals surface area contributed by atoms with Crippen molar-refractivity contribution in [2.24, 2.45) is 0 Å². The van der Waals surface area contributed by atoms with Crippen molar-refractivity contribution in [2.75, 3.05) is 6.61 Å². The van der Waals surface area contributed by atoms with Crippen molar-refractivity contribution in [1.29, 1.82) is 0 Å². The van der Waals surface area contributed by atoms with Gasteiger partial charge in [-0.25, -0.2) is 0 Å². The maximum Gasteiger partial charge on any atom is 0.289 e. The van der Waals surface area contributed by atoms with E-state index in [1.165, 1.54) is 10.5 Å². The van der Waals surface area contributed by atoms with Gasteiger partial charge in [-0.1, -0.05) is 71.4 Å². The van der Waals surface area contributed by atoms with Gasteiger partial charge in [0.25, 0.3) is 5.24 Å². The first-order valence-electron chi connectivity index (χ1n) is 11.1. The van der Waals surface area contributed by atoms with Crippen molar-refractivity contribution >= 4 is 34.5 Å². The number of nitrogens with zero attached hydrogens (tertiary/aromatic N) is 1. The highest BCUT2D eigenvalue weighted by atomic mass is 35.5. The summed E-state index contributed by atoms with van der Waals surface area (Å²) in [6, 6.07) is 21.0. The van der Waals surface area contributed by atoms with Crippen LogP contribution in [0.5, 0.6) is 11.5 Å². The molecular formula is C27H26ClNO4S. The van der Waals surface area contributed by atoms with E-state index in [0.717, 1.165) is 28.5 Å². The van der Waals surface area contributed by atoms with Crippen LogP contribution in [0.25, 0.3) is 0 Å². The summed E-state index contributed by atoms with van der Waals surface area (Å²) in [5.41, 5.74) is 4.05. The Balaban J connectivity index is 1.42. The highest BCUT2D eigenvalue weighted by Crippen LogP contribution is 2.34. The van der Waals surface area contributed by atoms with E-state index in [-0.39, 0.29) is 17.7 Å². The summed E-state index contributed by atoms with van der Waals surface area (Å²) in [5.74, 6) is 1.10. The molecule has 4 rings (SSSR count). The van der Waals surface area contributed by atoms with Crippen LogP contribution in [0.15, 0.2) is 66.7 Å². The maximum atomic E-state index is 13.0. The number of benzene rings is 3. The lowest BCUT2D eigenvalue weighted by atomic mass is 10.1. The van der Waals surface area contributed by atoms with Gasteiger partial charge < -0.3 is 9.47 Å². The summed E-state index contributed by atoms with van der Waals surface area (Å²) < 4.78 is 11.8. The Hall–Kier alpha value is -2.96. The van der Waals surface area contributed by atoms with E-state index in [1.807, 2.05) is 49.4 Å². The number of rotatable bonds is 9. The molecule has 1 aliphatic heterocycles. The third-order valence-electron chi connectivity index (χ3n) is 5.50. The fraction of sp³-hybridized carbons (Fsp3) is 0.259. The standard InChI is InChI=1S/C27H26ClNO4S/c1-3-32-24-14-21(10-13-23(24)33-17-20-6-4-18(2)5-7-20)15-25-26(30)29(27(31)34-25)16-19-8-11-22(28)12-9-19/h4-14,25H,3,15-17H2,1-2H3/t25-/m0/s1. The molecule has 3 aromatic carbocycles. The van der Waals surface area contributed by atoms with Crippen molar-refractivity contribution in [1.82, 2.24) is 4.90 Å². The van der Waals surface area contributed by atoms with Crippen molar-refractivity contribution in [3.8, 4) is 11.5 Å². The van der Waals surface area contributed by atoms with Crippen LogP contribution in [-0.4, -0.2) is 27.9 Å². The van der Waals surface area contributed by atoms with Gasteiger partial charge in [0.1, 0.15) is 6.61 Å². The lowest BCUT2D eigenvalue weighted by Gasteiger charge is -2.15. The van der Waals surface area contributed by atoms with Crippen LogP contribution in [0.2, 0.25) is 5.02 Å². The average molecular weight is 496 g/mol. The molecule has 5 nitrogen and oxygen atoms in total. The van der Waals surface area contributed by atoms with E-state index < -0.39 is 5.25 Å². The molecule has 1 heterocycles. The van der Waals surface area contributed by atoms with E-state index in [9.17, 15) is 9.59 Å². The molecule has 0 saturated carbocycles. The number of imide groups is 1. The van der Waals surface area contributed by atoms with E-state index in [1.54, 1.807) is 12.1 Å². The fourth-order valence-electron chi connectivity index (χ4n) is 3.67. The Labute approximate surface area is 209 Å². The summed E-state index contributed by atoms with van der Waals surface area (Å²) in [7, 11) is 0. The zero-order chi connectivity index (χ0) is 24.1. The molecule has 0 N–H and O–H groups in total. The fourth-order valence-corrected chi connectivity index (χ4v) is 4.82. The normalized spacial score (nSPS) is 15.6. The van der Waals surface area contributed by atoms with Crippen LogP contribution in [0.1, 0.15) is 29.2 Å². The molecule has 176 valence electrons. The minimum atomic E-state index is -0.464. The number of carbonyl (C=O) groups is 2. The Morgan fingerprint density at radius 1 is 0.882 bits per heavy atom. The molecule has 2 amide bonds. The van der Waals surface area contributed by atoms with Gasteiger partial charge in [-0.2, -0.15) is 0 Å². The monoisotopic (exact) mass is 495 g/mol. The van der Waals surface area contributed by atoms with Gasteiger partial charge in [-0.3, -0.25) is 14.5 Å². The second-order valence-electron chi connectivity index (χ2n) is 8.12. The van der Waals surface area contributed by atoms with Crippen LogP contribution in [0, 0.1) is 6.92 Å². The molecule has 3 aromatic rings. The third-order valence-corrected chi connectivity index (χ3v) is 6.83. The molecule has 1 aliphatic rings. The van der Waals surface area contributed by atoms with Crippen molar-refractivity contribution in [3.05, 3.63) is 94.0 Å². The predicted molar refractivity (Wildman–Crippen MR) is 136 cm³/mol. The largest absolute Gasteiger partial charge is 0.490 e. The molecule has 1 fully saturated rings. The van der Waals surface area contributed by atoms with E-state index in [0.29, 0.717) is 36.2 Å². The van der Waals surface area contributed by atoms with Crippen LogP contribution in [0.3, 0.4) is 0 Å². The number of halogens is 1. The van der Waals surface area contributed by atoms with Gasteiger partial charge in [0.15, 0.2) is 11.5 Å². The van der Waals surface area contributed by atoms with E-state index in [2.05, 4.69) is 19.1 Å². The van der Waals surface area contributed by atoms with Crippen molar-refractivity contribution in [3.63, 3.8) is 0 Å². The molecular weight excluding hydrogens is 470 g/mol. The topological polar surface area (TPSA) is 55.8 Å². The van der Waals surface area contributed by atoms with Crippen LogP contribution >= 0.6 is 23.4 Å². The summed E-state index contributed by atoms with van der Waals surface area (Å²) in [4.78, 5) is 26.8. The number of hydrogen-bond acceptors (Lipinski definition) is 5. The molecule has 0 radical (unpaired) electrons. The van der Waals surface area contributed by atoms with Crippen LogP contribution in [0.4, 0.5) is 4.79 Å². The summed E-state index contributed by atoms with van der Waals surface area (Å²) in [6.07, 6.45) is 0.435. The zero-order valence-corrected chi connectivity index (χ0v) is 20.7. The second-order valence-corrected chi connectivity index (χ2v) is 9.71. The number of hydrogen-bond donors (Lipinski definition) is 0. The highest BCUT2D eigenvalue weighted by Gasteiger charge is 2.39. The lowest BCUT2D eigenvalue weighted by molar-refractivity contribution is -0.127. The van der Waals surface area contributed by atoms with Gasteiger partial charge in [0, 0.05) is 5.02 Å². The molecule has 0 aromatic heterocycles. The first-order chi connectivity index (χ1) is 16.4. The van der Waals surface area contributed by atoms with Gasteiger partial charge in [-0.05, 0) is 61.2 Å². The Morgan fingerprint density at radius 3 is 2.26 bits per heavy atom. The average Bonchev–Trinajstić information content (AvgIpc) is 3.08. The zero-order valence-electron chi connectivity index (χ0n) is 19.1. The summed E-state index contributed by atoms with van der Waals surface area (Å²) in [6.45, 7) is 5.14. The Kier molecular flexibility index (Phi) is 7.80. The molecule has 0 spiro atoms. The van der Waals surface area contributed by atoms with Crippen molar-refractivity contribution in [2.45, 2.75) is 38.7 Å². The quantitative estimate of drug-likeness (QED) is 0.342. The number of amides is 2. The molecule has 7 heteroatoms. The van der Waals surface area contributed by atoms with Gasteiger partial charge >= 0.3 is 0 Å². The van der Waals surface area contributed by atoms with Gasteiger partial charge in [0.05, 0.1) is 18.4 Å². The molecule has 34 heavy (non-hydrogen) atoms. The number of thioether (sulfide) groups is 1. The number of carbonyl (C=O) groups excluding carboxylic acids is 2. The second kappa shape index (κ2) is 11.0. The Bertz CT molecular complexity index is 1160. The number of aryl methyl sites for hydroxylation is 1. The first kappa shape index (κ1) is 24.2. The molecule has 0 unspecified atom stereocenters. The molecule has 1 atom stereocenters. The summed E-state index contributed by atoms with van der Waals surface area (Å²) >= 11 is 7.00.